The van der Waals surface area contributed by atoms with Gasteiger partial charge in [-0.05, 0) is 43.3 Å². The Morgan fingerprint density at radius 3 is 2.60 bits per heavy atom. The first kappa shape index (κ1) is 19.9. The van der Waals surface area contributed by atoms with Crippen LogP contribution in [-0.4, -0.2) is 51.4 Å². The maximum Gasteiger partial charge on any atom is 0.322 e. The topological polar surface area (TPSA) is 80.3 Å². The lowest BCUT2D eigenvalue weighted by Crippen LogP contribution is -2.46. The molecule has 1 atom stereocenters. The zero-order valence-electron chi connectivity index (χ0n) is 17.1. The number of carbonyl (C=O) groups is 2. The molecule has 0 aromatic heterocycles. The standard InChI is InChI=1S/C22H25N3O5/c1-3-24(16-4-7-18(28-2)8-5-16)22(27)23-15-12-21(26)25(14-15)17-6-9-19-20(13-17)30-11-10-29-19/h4-9,13,15H,3,10-12,14H2,1-2H3,(H,23,27). The van der Waals surface area contributed by atoms with E-state index in [0.29, 0.717) is 37.8 Å². The van der Waals surface area contributed by atoms with E-state index in [4.69, 9.17) is 14.2 Å². The molecule has 30 heavy (non-hydrogen) atoms. The number of amides is 3. The fraction of sp³-hybridized carbons (Fsp3) is 0.364. The number of nitrogens with zero attached hydrogens (tertiary/aromatic N) is 2. The zero-order valence-corrected chi connectivity index (χ0v) is 17.1. The molecule has 1 unspecified atom stereocenters. The largest absolute Gasteiger partial charge is 0.497 e. The highest BCUT2D eigenvalue weighted by Crippen LogP contribution is 2.35. The van der Waals surface area contributed by atoms with E-state index in [1.807, 2.05) is 49.4 Å². The summed E-state index contributed by atoms with van der Waals surface area (Å²) in [6.45, 7) is 3.83. The van der Waals surface area contributed by atoms with Crippen molar-refractivity contribution >= 4 is 23.3 Å². The van der Waals surface area contributed by atoms with Crippen LogP contribution in [0.25, 0.3) is 0 Å². The SMILES string of the molecule is CCN(C(=O)NC1CC(=O)N(c2ccc3c(c2)OCCO3)C1)c1ccc(OC)cc1. The van der Waals surface area contributed by atoms with Crippen molar-refractivity contribution in [1.29, 1.82) is 0 Å². The first-order valence-electron chi connectivity index (χ1n) is 10.0. The highest BCUT2D eigenvalue weighted by molar-refractivity contribution is 5.98. The molecular weight excluding hydrogens is 386 g/mol. The zero-order chi connectivity index (χ0) is 21.1. The van der Waals surface area contributed by atoms with Crippen LogP contribution in [0.2, 0.25) is 0 Å². The lowest BCUT2D eigenvalue weighted by atomic mass is 10.2. The highest BCUT2D eigenvalue weighted by Gasteiger charge is 2.33. The summed E-state index contributed by atoms with van der Waals surface area (Å²) < 4.78 is 16.3. The van der Waals surface area contributed by atoms with Crippen LogP contribution in [-0.2, 0) is 4.79 Å². The Hall–Kier alpha value is -3.42. The number of nitrogens with one attached hydrogen (secondary N) is 1. The van der Waals surface area contributed by atoms with E-state index in [1.165, 1.54) is 0 Å². The number of carbonyl (C=O) groups excluding carboxylic acids is 2. The molecular formula is C22H25N3O5. The van der Waals surface area contributed by atoms with E-state index < -0.39 is 0 Å². The minimum Gasteiger partial charge on any atom is -0.497 e. The van der Waals surface area contributed by atoms with Gasteiger partial charge in [0.25, 0.3) is 0 Å². The van der Waals surface area contributed by atoms with E-state index >= 15 is 0 Å². The van der Waals surface area contributed by atoms with Crippen LogP contribution in [0.4, 0.5) is 16.2 Å². The number of hydrogen-bond acceptors (Lipinski definition) is 5. The summed E-state index contributed by atoms with van der Waals surface area (Å²) in [5.74, 6) is 2.01. The van der Waals surface area contributed by atoms with Gasteiger partial charge < -0.3 is 24.4 Å². The molecule has 2 aliphatic rings. The smallest absolute Gasteiger partial charge is 0.322 e. The fourth-order valence-electron chi connectivity index (χ4n) is 3.71. The lowest BCUT2D eigenvalue weighted by Gasteiger charge is -2.24. The predicted octanol–water partition coefficient (Wildman–Crippen LogP) is 2.81. The summed E-state index contributed by atoms with van der Waals surface area (Å²) in [6.07, 6.45) is 0.250. The van der Waals surface area contributed by atoms with E-state index in [-0.39, 0.29) is 24.4 Å². The third-order valence-electron chi connectivity index (χ3n) is 5.24. The van der Waals surface area contributed by atoms with Gasteiger partial charge in [0, 0.05) is 37.0 Å². The third kappa shape index (κ3) is 3.98. The first-order chi connectivity index (χ1) is 14.6. The van der Waals surface area contributed by atoms with Gasteiger partial charge in [-0.15, -0.1) is 0 Å². The van der Waals surface area contributed by atoms with Gasteiger partial charge in [-0.25, -0.2) is 4.79 Å². The molecule has 0 spiro atoms. The molecule has 2 heterocycles. The minimum absolute atomic E-state index is 0.0375. The molecule has 1 N–H and O–H groups in total. The molecule has 2 aliphatic heterocycles. The maximum absolute atomic E-state index is 12.8. The molecule has 2 aromatic rings. The van der Waals surface area contributed by atoms with Gasteiger partial charge >= 0.3 is 6.03 Å². The van der Waals surface area contributed by atoms with Crippen LogP contribution in [0, 0.1) is 0 Å². The number of benzene rings is 2. The predicted molar refractivity (Wildman–Crippen MR) is 113 cm³/mol. The van der Waals surface area contributed by atoms with Crippen molar-refractivity contribution in [3.63, 3.8) is 0 Å². The van der Waals surface area contributed by atoms with Gasteiger partial charge in [-0.2, -0.15) is 0 Å². The van der Waals surface area contributed by atoms with Crippen LogP contribution in [0.15, 0.2) is 42.5 Å². The van der Waals surface area contributed by atoms with Crippen LogP contribution < -0.4 is 29.3 Å². The van der Waals surface area contributed by atoms with Crippen LogP contribution >= 0.6 is 0 Å². The number of urea groups is 1. The van der Waals surface area contributed by atoms with Crippen molar-refractivity contribution in [3.8, 4) is 17.2 Å². The Bertz CT molecular complexity index is 931. The molecule has 1 saturated heterocycles. The van der Waals surface area contributed by atoms with Crippen LogP contribution in [0.5, 0.6) is 17.2 Å². The Morgan fingerprint density at radius 1 is 1.17 bits per heavy atom. The molecule has 2 aromatic carbocycles. The second kappa shape index (κ2) is 8.52. The van der Waals surface area contributed by atoms with E-state index in [9.17, 15) is 9.59 Å². The Labute approximate surface area is 175 Å². The molecule has 0 bridgehead atoms. The van der Waals surface area contributed by atoms with Crippen molar-refractivity contribution < 1.29 is 23.8 Å². The molecule has 0 aliphatic carbocycles. The van der Waals surface area contributed by atoms with Crippen molar-refractivity contribution in [3.05, 3.63) is 42.5 Å². The number of anilines is 2. The Kier molecular flexibility index (Phi) is 5.65. The summed E-state index contributed by atoms with van der Waals surface area (Å²) in [5, 5.41) is 2.99. The Morgan fingerprint density at radius 2 is 1.90 bits per heavy atom. The average Bonchev–Trinajstić information content (AvgIpc) is 3.14. The van der Waals surface area contributed by atoms with Gasteiger partial charge in [0.1, 0.15) is 19.0 Å². The van der Waals surface area contributed by atoms with Crippen molar-refractivity contribution in [2.75, 3.05) is 43.2 Å². The third-order valence-corrected chi connectivity index (χ3v) is 5.24. The summed E-state index contributed by atoms with van der Waals surface area (Å²) in [7, 11) is 1.60. The summed E-state index contributed by atoms with van der Waals surface area (Å²) >= 11 is 0. The highest BCUT2D eigenvalue weighted by atomic mass is 16.6. The minimum atomic E-state index is -0.273. The summed E-state index contributed by atoms with van der Waals surface area (Å²) in [4.78, 5) is 28.7. The van der Waals surface area contributed by atoms with Crippen molar-refractivity contribution in [1.82, 2.24) is 5.32 Å². The molecule has 0 radical (unpaired) electrons. The Balaban J connectivity index is 1.42. The van der Waals surface area contributed by atoms with Crippen molar-refractivity contribution in [2.24, 2.45) is 0 Å². The normalized spacial score (nSPS) is 17.6. The second-order valence-electron chi connectivity index (χ2n) is 7.13. The number of methoxy groups -OCH3 is 1. The van der Waals surface area contributed by atoms with Gasteiger partial charge in [0.15, 0.2) is 11.5 Å². The average molecular weight is 411 g/mol. The fourth-order valence-corrected chi connectivity index (χ4v) is 3.71. The molecule has 8 nitrogen and oxygen atoms in total. The quantitative estimate of drug-likeness (QED) is 0.818. The lowest BCUT2D eigenvalue weighted by molar-refractivity contribution is -0.117. The van der Waals surface area contributed by atoms with E-state index in [0.717, 1.165) is 17.1 Å². The first-order valence-corrected chi connectivity index (χ1v) is 10.0. The van der Waals surface area contributed by atoms with Gasteiger partial charge in [-0.1, -0.05) is 0 Å². The van der Waals surface area contributed by atoms with E-state index in [2.05, 4.69) is 5.32 Å². The van der Waals surface area contributed by atoms with Gasteiger partial charge in [-0.3, -0.25) is 9.69 Å². The second-order valence-corrected chi connectivity index (χ2v) is 7.13. The molecule has 0 saturated carbocycles. The van der Waals surface area contributed by atoms with Crippen LogP contribution in [0.3, 0.4) is 0 Å². The molecule has 4 rings (SSSR count). The van der Waals surface area contributed by atoms with Crippen LogP contribution in [0.1, 0.15) is 13.3 Å². The molecule has 3 amide bonds. The number of rotatable bonds is 5. The van der Waals surface area contributed by atoms with Gasteiger partial charge in [0.2, 0.25) is 5.91 Å². The van der Waals surface area contributed by atoms with Gasteiger partial charge in [0.05, 0.1) is 13.2 Å². The summed E-state index contributed by atoms with van der Waals surface area (Å²) in [5.41, 5.74) is 1.51. The monoisotopic (exact) mass is 411 g/mol. The number of hydrogen-bond donors (Lipinski definition) is 1. The van der Waals surface area contributed by atoms with E-state index in [1.54, 1.807) is 16.9 Å². The summed E-state index contributed by atoms with van der Waals surface area (Å²) in [6, 6.07) is 12.3. The molecule has 158 valence electrons. The van der Waals surface area contributed by atoms with Crippen molar-refractivity contribution in [2.45, 2.75) is 19.4 Å². The number of fused-ring (bicyclic) bond motifs is 1. The maximum atomic E-state index is 12.8. The number of ether oxygens (including phenoxy) is 3. The molecule has 8 heteroatoms. The molecule has 1 fully saturated rings.